The molecule has 0 aromatic carbocycles. The summed E-state index contributed by atoms with van der Waals surface area (Å²) in [5.74, 6) is -0.600. The summed E-state index contributed by atoms with van der Waals surface area (Å²) >= 11 is 0. The second-order valence-electron chi connectivity index (χ2n) is 3.89. The van der Waals surface area contributed by atoms with Crippen LogP contribution in [0.1, 0.15) is 26.2 Å². The highest BCUT2D eigenvalue weighted by Crippen LogP contribution is 2.33. The maximum Gasteiger partial charge on any atom is 0.305 e. The fourth-order valence-electron chi connectivity index (χ4n) is 1.52. The van der Waals surface area contributed by atoms with Crippen LogP contribution in [0, 0.1) is 5.92 Å². The fourth-order valence-corrected chi connectivity index (χ4v) is 1.52. The van der Waals surface area contributed by atoms with E-state index >= 15 is 0 Å². The van der Waals surface area contributed by atoms with Crippen LogP contribution in [0.4, 0.5) is 0 Å². The number of nitrogens with one attached hydrogen (secondary N) is 2. The number of hydrogen-bond acceptors (Lipinski definition) is 3. The van der Waals surface area contributed by atoms with Crippen molar-refractivity contribution in [2.75, 3.05) is 13.1 Å². The van der Waals surface area contributed by atoms with E-state index in [0.717, 1.165) is 19.4 Å². The van der Waals surface area contributed by atoms with Crippen molar-refractivity contribution < 1.29 is 14.7 Å². The van der Waals surface area contributed by atoms with Crippen LogP contribution in [-0.4, -0.2) is 36.1 Å². The third-order valence-electron chi connectivity index (χ3n) is 2.47. The van der Waals surface area contributed by atoms with Crippen molar-refractivity contribution in [3.63, 3.8) is 0 Å². The summed E-state index contributed by atoms with van der Waals surface area (Å²) in [6.07, 6.45) is 2.08. The Morgan fingerprint density at radius 2 is 2.13 bits per heavy atom. The zero-order chi connectivity index (χ0) is 11.3. The average molecular weight is 214 g/mol. The van der Waals surface area contributed by atoms with Crippen LogP contribution in [0.5, 0.6) is 0 Å². The lowest BCUT2D eigenvalue weighted by atomic mass is 10.1. The molecule has 0 aromatic rings. The van der Waals surface area contributed by atoms with Crippen LogP contribution >= 0.6 is 0 Å². The first-order valence-electron chi connectivity index (χ1n) is 5.35. The molecule has 0 heterocycles. The molecule has 15 heavy (non-hydrogen) atoms. The highest BCUT2D eigenvalue weighted by molar-refractivity contribution is 5.79. The molecule has 1 atom stereocenters. The molecule has 0 saturated heterocycles. The monoisotopic (exact) mass is 214 g/mol. The average Bonchev–Trinajstić information content (AvgIpc) is 2.96. The van der Waals surface area contributed by atoms with Crippen molar-refractivity contribution in [1.82, 2.24) is 10.6 Å². The van der Waals surface area contributed by atoms with Crippen LogP contribution in [0.15, 0.2) is 0 Å². The minimum Gasteiger partial charge on any atom is -0.481 e. The largest absolute Gasteiger partial charge is 0.481 e. The molecule has 1 aliphatic rings. The van der Waals surface area contributed by atoms with Crippen LogP contribution in [0.3, 0.4) is 0 Å². The molecule has 86 valence electrons. The van der Waals surface area contributed by atoms with Gasteiger partial charge < -0.3 is 15.7 Å². The van der Waals surface area contributed by atoms with Gasteiger partial charge in [-0.1, -0.05) is 6.92 Å². The second-order valence-corrected chi connectivity index (χ2v) is 3.89. The van der Waals surface area contributed by atoms with E-state index in [0.29, 0.717) is 5.92 Å². The molecule has 5 heteroatoms. The van der Waals surface area contributed by atoms with Gasteiger partial charge >= 0.3 is 5.97 Å². The Hall–Kier alpha value is -1.10. The van der Waals surface area contributed by atoms with E-state index < -0.39 is 5.97 Å². The number of hydrogen-bond donors (Lipinski definition) is 3. The molecule has 0 aromatic heterocycles. The number of carbonyl (C=O) groups excluding carboxylic acids is 1. The summed E-state index contributed by atoms with van der Waals surface area (Å²) in [6, 6.07) is -0.186. The number of carboxylic acids is 1. The first-order chi connectivity index (χ1) is 7.13. The van der Waals surface area contributed by atoms with E-state index in [4.69, 9.17) is 5.11 Å². The SMILES string of the molecule is CCNCC(=O)NC(CC(=O)O)C1CC1. The Labute approximate surface area is 89.2 Å². The first kappa shape index (κ1) is 12.0. The van der Waals surface area contributed by atoms with Gasteiger partial charge in [0.15, 0.2) is 0 Å². The van der Waals surface area contributed by atoms with E-state index in [-0.39, 0.29) is 24.9 Å². The molecule has 3 N–H and O–H groups in total. The molecule has 1 aliphatic carbocycles. The van der Waals surface area contributed by atoms with E-state index in [1.807, 2.05) is 6.92 Å². The normalized spacial score (nSPS) is 17.1. The molecular formula is C10H18N2O3. The first-order valence-corrected chi connectivity index (χ1v) is 5.35. The second kappa shape index (κ2) is 5.70. The summed E-state index contributed by atoms with van der Waals surface area (Å²) in [4.78, 5) is 21.9. The highest BCUT2D eigenvalue weighted by Gasteiger charge is 2.33. The van der Waals surface area contributed by atoms with Crippen LogP contribution in [0.25, 0.3) is 0 Å². The standard InChI is InChI=1S/C10H18N2O3/c1-2-11-6-9(13)12-8(5-10(14)15)7-3-4-7/h7-8,11H,2-6H2,1H3,(H,12,13)(H,14,15). The van der Waals surface area contributed by atoms with E-state index in [1.54, 1.807) is 0 Å². The summed E-state index contributed by atoms with van der Waals surface area (Å²) in [5, 5.41) is 14.4. The lowest BCUT2D eigenvalue weighted by molar-refractivity contribution is -0.137. The lowest BCUT2D eigenvalue weighted by Crippen LogP contribution is -2.42. The molecule has 0 bridgehead atoms. The number of likely N-dealkylation sites (N-methyl/N-ethyl adjacent to an activating group) is 1. The van der Waals surface area contributed by atoms with Crippen molar-refractivity contribution >= 4 is 11.9 Å². The quantitative estimate of drug-likeness (QED) is 0.556. The lowest BCUT2D eigenvalue weighted by Gasteiger charge is -2.16. The molecule has 0 aliphatic heterocycles. The van der Waals surface area contributed by atoms with Gasteiger partial charge in [-0.05, 0) is 25.3 Å². The molecule has 1 rings (SSSR count). The molecule has 0 spiro atoms. The molecule has 1 amide bonds. The van der Waals surface area contributed by atoms with Gasteiger partial charge in [0, 0.05) is 6.04 Å². The van der Waals surface area contributed by atoms with Gasteiger partial charge in [-0.3, -0.25) is 9.59 Å². The Morgan fingerprint density at radius 1 is 1.47 bits per heavy atom. The van der Waals surface area contributed by atoms with Crippen molar-refractivity contribution in [2.24, 2.45) is 5.92 Å². The molecular weight excluding hydrogens is 196 g/mol. The van der Waals surface area contributed by atoms with Gasteiger partial charge in [0.1, 0.15) is 0 Å². The van der Waals surface area contributed by atoms with Crippen molar-refractivity contribution in [2.45, 2.75) is 32.2 Å². The molecule has 1 saturated carbocycles. The predicted octanol–water partition coefficient (Wildman–Crippen LogP) is -0.0346. The van der Waals surface area contributed by atoms with Gasteiger partial charge in [0.05, 0.1) is 13.0 Å². The number of carbonyl (C=O) groups is 2. The van der Waals surface area contributed by atoms with Gasteiger partial charge in [0.25, 0.3) is 0 Å². The topological polar surface area (TPSA) is 78.4 Å². The molecule has 1 unspecified atom stereocenters. The third kappa shape index (κ3) is 4.78. The van der Waals surface area contributed by atoms with Gasteiger partial charge in [-0.15, -0.1) is 0 Å². The van der Waals surface area contributed by atoms with Crippen molar-refractivity contribution in [3.8, 4) is 0 Å². The van der Waals surface area contributed by atoms with E-state index in [9.17, 15) is 9.59 Å². The van der Waals surface area contributed by atoms with E-state index in [1.165, 1.54) is 0 Å². The smallest absolute Gasteiger partial charge is 0.305 e. The number of carboxylic acid groups (broad SMARTS) is 1. The molecule has 1 fully saturated rings. The van der Waals surface area contributed by atoms with Gasteiger partial charge in [0.2, 0.25) is 5.91 Å². The maximum atomic E-state index is 11.4. The maximum absolute atomic E-state index is 11.4. The van der Waals surface area contributed by atoms with Crippen LogP contribution in [-0.2, 0) is 9.59 Å². The third-order valence-corrected chi connectivity index (χ3v) is 2.47. The number of rotatable bonds is 7. The summed E-state index contributed by atoms with van der Waals surface area (Å²) in [6.45, 7) is 2.92. The Bertz CT molecular complexity index is 239. The Morgan fingerprint density at radius 3 is 2.60 bits per heavy atom. The van der Waals surface area contributed by atoms with Crippen molar-refractivity contribution in [3.05, 3.63) is 0 Å². The molecule has 0 radical (unpaired) electrons. The predicted molar refractivity (Wildman–Crippen MR) is 55.5 cm³/mol. The van der Waals surface area contributed by atoms with Gasteiger partial charge in [-0.2, -0.15) is 0 Å². The van der Waals surface area contributed by atoms with Gasteiger partial charge in [-0.25, -0.2) is 0 Å². The number of aliphatic carboxylic acids is 1. The van der Waals surface area contributed by atoms with Crippen LogP contribution < -0.4 is 10.6 Å². The van der Waals surface area contributed by atoms with E-state index in [2.05, 4.69) is 10.6 Å². The zero-order valence-corrected chi connectivity index (χ0v) is 8.95. The number of amides is 1. The summed E-state index contributed by atoms with van der Waals surface area (Å²) in [7, 11) is 0. The fraction of sp³-hybridized carbons (Fsp3) is 0.800. The summed E-state index contributed by atoms with van der Waals surface area (Å²) in [5.41, 5.74) is 0. The summed E-state index contributed by atoms with van der Waals surface area (Å²) < 4.78 is 0. The minimum atomic E-state index is -0.851. The highest BCUT2D eigenvalue weighted by atomic mass is 16.4. The Kier molecular flexibility index (Phi) is 4.55. The molecule has 5 nitrogen and oxygen atoms in total. The minimum absolute atomic E-state index is 0.0303. The van der Waals surface area contributed by atoms with Crippen molar-refractivity contribution in [1.29, 1.82) is 0 Å². The Balaban J connectivity index is 2.30. The zero-order valence-electron chi connectivity index (χ0n) is 8.95. The van der Waals surface area contributed by atoms with Crippen LogP contribution in [0.2, 0.25) is 0 Å².